The largest absolute Gasteiger partial charge is 0.481 e. The van der Waals surface area contributed by atoms with E-state index < -0.39 is 18.2 Å². The van der Waals surface area contributed by atoms with E-state index in [4.69, 9.17) is 15.9 Å². The monoisotopic (exact) mass is 248 g/mol. The van der Waals surface area contributed by atoms with Crippen LogP contribution in [0.5, 0.6) is 0 Å². The number of aliphatic hydroxyl groups excluding tert-OH is 1. The van der Waals surface area contributed by atoms with Gasteiger partial charge in [0.05, 0.1) is 13.0 Å². The highest BCUT2D eigenvalue weighted by molar-refractivity contribution is 6.04. The predicted octanol–water partition coefficient (Wildman–Crippen LogP) is -1.46. The van der Waals surface area contributed by atoms with Crippen molar-refractivity contribution in [3.63, 3.8) is 0 Å². The number of ketones is 2. The van der Waals surface area contributed by atoms with Gasteiger partial charge < -0.3 is 21.3 Å². The van der Waals surface area contributed by atoms with Gasteiger partial charge in [-0.25, -0.2) is 0 Å². The van der Waals surface area contributed by atoms with E-state index >= 15 is 0 Å². The first-order valence-corrected chi connectivity index (χ1v) is 5.18. The van der Waals surface area contributed by atoms with Gasteiger partial charge in [-0.2, -0.15) is 0 Å². The molecule has 0 unspecified atom stereocenters. The Labute approximate surface area is 100.0 Å². The van der Waals surface area contributed by atoms with Gasteiger partial charge in [-0.15, -0.1) is 0 Å². The van der Waals surface area contributed by atoms with E-state index in [1.165, 1.54) is 6.92 Å². The van der Waals surface area contributed by atoms with Crippen LogP contribution in [0.3, 0.4) is 0 Å². The van der Waals surface area contributed by atoms with Crippen LogP contribution in [0.2, 0.25) is 0 Å². The van der Waals surface area contributed by atoms with E-state index in [1.807, 2.05) is 0 Å². The molecule has 0 aliphatic rings. The normalized spacial score (nSPS) is 9.12. The van der Waals surface area contributed by atoms with Crippen molar-refractivity contribution in [1.82, 2.24) is 5.32 Å². The number of carboxylic acid groups (broad SMARTS) is 1. The Balaban J connectivity index is 0. The number of nitrogens with two attached hydrogens (primary N) is 1. The first kappa shape index (κ1) is 18.1. The number of rotatable bonds is 8. The summed E-state index contributed by atoms with van der Waals surface area (Å²) in [6, 6.07) is 0. The van der Waals surface area contributed by atoms with Gasteiger partial charge in [-0.3, -0.25) is 14.4 Å². The fraction of sp³-hybridized carbons (Fsp3) is 0.700. The summed E-state index contributed by atoms with van der Waals surface area (Å²) in [7, 11) is 0. The van der Waals surface area contributed by atoms with E-state index in [2.05, 4.69) is 5.32 Å². The minimum absolute atomic E-state index is 0.194. The molecule has 0 amide bonds. The molecule has 0 aromatic carbocycles. The van der Waals surface area contributed by atoms with Gasteiger partial charge in [0.1, 0.15) is 12.2 Å². The molecule has 100 valence electrons. The van der Waals surface area contributed by atoms with Gasteiger partial charge in [0.2, 0.25) is 0 Å². The minimum atomic E-state index is -1.19. The van der Waals surface area contributed by atoms with Crippen LogP contribution in [-0.2, 0) is 14.4 Å². The number of Topliss-reactive ketones (excluding diaryl/α,β-unsaturated/α-hetero) is 2. The van der Waals surface area contributed by atoms with Crippen molar-refractivity contribution in [2.45, 2.75) is 19.8 Å². The number of nitrogens with one attached hydrogen (secondary N) is 1. The first-order valence-electron chi connectivity index (χ1n) is 5.18. The smallest absolute Gasteiger partial charge is 0.310 e. The topological polar surface area (TPSA) is 130 Å². The third-order valence-corrected chi connectivity index (χ3v) is 1.40. The summed E-state index contributed by atoms with van der Waals surface area (Å²) in [5.74, 6) is -2.03. The molecule has 0 spiro atoms. The summed E-state index contributed by atoms with van der Waals surface area (Å²) in [5, 5.41) is 19.2. The second-order valence-corrected chi connectivity index (χ2v) is 3.25. The van der Waals surface area contributed by atoms with Crippen LogP contribution in [0.4, 0.5) is 0 Å². The molecule has 0 rings (SSSR count). The van der Waals surface area contributed by atoms with E-state index in [9.17, 15) is 14.4 Å². The Bertz CT molecular complexity index is 221. The Hall–Kier alpha value is -1.31. The van der Waals surface area contributed by atoms with Crippen molar-refractivity contribution in [2.75, 3.05) is 26.2 Å². The van der Waals surface area contributed by atoms with Crippen molar-refractivity contribution >= 4 is 17.5 Å². The van der Waals surface area contributed by atoms with E-state index in [0.29, 0.717) is 13.1 Å². The first-order chi connectivity index (χ1) is 7.93. The van der Waals surface area contributed by atoms with Gasteiger partial charge in [0.15, 0.2) is 5.78 Å². The molecule has 0 aliphatic carbocycles. The molecule has 0 saturated heterocycles. The lowest BCUT2D eigenvalue weighted by Crippen LogP contribution is -2.24. The van der Waals surface area contributed by atoms with Gasteiger partial charge in [0, 0.05) is 19.6 Å². The molecule has 0 atom stereocenters. The van der Waals surface area contributed by atoms with Crippen molar-refractivity contribution in [3.8, 4) is 0 Å². The van der Waals surface area contributed by atoms with Crippen molar-refractivity contribution in [1.29, 1.82) is 0 Å². The molecule has 0 radical (unpaired) electrons. The average Bonchev–Trinajstić information content (AvgIpc) is 2.16. The van der Waals surface area contributed by atoms with Gasteiger partial charge in [-0.1, -0.05) is 0 Å². The SMILES string of the molecule is CC(=O)CC(=O)CC(=O)O.NCCNCCO. The van der Waals surface area contributed by atoms with Crippen LogP contribution in [0.25, 0.3) is 0 Å². The number of carbonyl (C=O) groups excluding carboxylic acids is 2. The Kier molecular flexibility index (Phi) is 13.6. The molecule has 0 fully saturated rings. The summed E-state index contributed by atoms with van der Waals surface area (Å²) in [5.41, 5.74) is 5.13. The third-order valence-electron chi connectivity index (χ3n) is 1.40. The van der Waals surface area contributed by atoms with Crippen LogP contribution in [-0.4, -0.2) is 54.0 Å². The van der Waals surface area contributed by atoms with E-state index in [-0.39, 0.29) is 18.8 Å². The van der Waals surface area contributed by atoms with Gasteiger partial charge in [-0.05, 0) is 6.92 Å². The number of hydrogen-bond donors (Lipinski definition) is 4. The lowest BCUT2D eigenvalue weighted by atomic mass is 10.2. The molecule has 0 saturated carbocycles. The Morgan fingerprint density at radius 3 is 2.12 bits per heavy atom. The van der Waals surface area contributed by atoms with E-state index in [0.717, 1.165) is 6.54 Å². The molecule has 0 aromatic heterocycles. The Morgan fingerprint density at radius 1 is 1.18 bits per heavy atom. The molecule has 7 heteroatoms. The number of aliphatic carboxylic acids is 1. The highest BCUT2D eigenvalue weighted by atomic mass is 16.4. The van der Waals surface area contributed by atoms with Crippen molar-refractivity contribution < 1.29 is 24.6 Å². The summed E-state index contributed by atoms with van der Waals surface area (Å²) in [6.45, 7) is 3.53. The lowest BCUT2D eigenvalue weighted by Gasteiger charge is -1.95. The standard InChI is InChI=1S/C6H8O4.C4H12N2O/c1-4(7)2-5(8)3-6(9)10;5-1-2-6-3-4-7/h2-3H2,1H3,(H,9,10);6-7H,1-5H2. The fourth-order valence-electron chi connectivity index (χ4n) is 0.815. The van der Waals surface area contributed by atoms with Crippen molar-refractivity contribution in [3.05, 3.63) is 0 Å². The molecule has 0 aliphatic heterocycles. The fourth-order valence-corrected chi connectivity index (χ4v) is 0.815. The zero-order valence-electron chi connectivity index (χ0n) is 9.94. The maximum Gasteiger partial charge on any atom is 0.310 e. The number of aliphatic hydroxyl groups is 1. The molecule has 7 nitrogen and oxygen atoms in total. The quantitative estimate of drug-likeness (QED) is 0.305. The number of carboxylic acids is 1. The maximum absolute atomic E-state index is 10.5. The summed E-state index contributed by atoms with van der Waals surface area (Å²) in [4.78, 5) is 30.5. The molecular formula is C10H20N2O5. The lowest BCUT2D eigenvalue weighted by molar-refractivity contribution is -0.140. The number of hydrogen-bond acceptors (Lipinski definition) is 6. The van der Waals surface area contributed by atoms with Crippen molar-refractivity contribution in [2.24, 2.45) is 5.73 Å². The molecule has 0 bridgehead atoms. The molecule has 5 N–H and O–H groups in total. The van der Waals surface area contributed by atoms with Crippen LogP contribution in [0, 0.1) is 0 Å². The summed E-state index contributed by atoms with van der Waals surface area (Å²) < 4.78 is 0. The zero-order valence-corrected chi connectivity index (χ0v) is 9.94. The minimum Gasteiger partial charge on any atom is -0.481 e. The van der Waals surface area contributed by atoms with Crippen LogP contribution >= 0.6 is 0 Å². The summed E-state index contributed by atoms with van der Waals surface area (Å²) in [6.07, 6.45) is -0.828. The second kappa shape index (κ2) is 12.8. The maximum atomic E-state index is 10.5. The molecule has 0 heterocycles. The van der Waals surface area contributed by atoms with Crippen LogP contribution in [0.15, 0.2) is 0 Å². The highest BCUT2D eigenvalue weighted by Gasteiger charge is 2.08. The van der Waals surface area contributed by atoms with Gasteiger partial charge >= 0.3 is 5.97 Å². The third kappa shape index (κ3) is 20.7. The zero-order chi connectivity index (χ0) is 13.7. The predicted molar refractivity (Wildman–Crippen MR) is 61.6 cm³/mol. The molecule has 0 aromatic rings. The molecular weight excluding hydrogens is 228 g/mol. The summed E-state index contributed by atoms with van der Waals surface area (Å²) >= 11 is 0. The van der Waals surface area contributed by atoms with Crippen LogP contribution < -0.4 is 11.1 Å². The number of carbonyl (C=O) groups is 3. The second-order valence-electron chi connectivity index (χ2n) is 3.25. The average molecular weight is 248 g/mol. The Morgan fingerprint density at radius 2 is 1.76 bits per heavy atom. The van der Waals surface area contributed by atoms with Gasteiger partial charge in [0.25, 0.3) is 0 Å². The van der Waals surface area contributed by atoms with Crippen LogP contribution in [0.1, 0.15) is 19.8 Å². The molecule has 17 heavy (non-hydrogen) atoms. The van der Waals surface area contributed by atoms with E-state index in [1.54, 1.807) is 0 Å². The highest BCUT2D eigenvalue weighted by Crippen LogP contribution is 1.90.